The summed E-state index contributed by atoms with van der Waals surface area (Å²) in [6, 6.07) is 20.3. The predicted octanol–water partition coefficient (Wildman–Crippen LogP) is 6.90. The number of nitrogens with one attached hydrogen (secondary N) is 1. The average Bonchev–Trinajstić information content (AvgIpc) is 3.87. The van der Waals surface area contributed by atoms with Crippen molar-refractivity contribution in [3.63, 3.8) is 0 Å². The van der Waals surface area contributed by atoms with Gasteiger partial charge in [-0.3, -0.25) is 19.6 Å². The van der Waals surface area contributed by atoms with E-state index in [0.29, 0.717) is 78.9 Å². The van der Waals surface area contributed by atoms with Gasteiger partial charge in [0.25, 0.3) is 0 Å². The molecule has 12 nitrogen and oxygen atoms in total. The van der Waals surface area contributed by atoms with E-state index in [2.05, 4.69) is 46.3 Å². The van der Waals surface area contributed by atoms with E-state index in [-0.39, 0.29) is 5.92 Å². The molecule has 6 aromatic rings. The largest absolute Gasteiger partial charge is 0.481 e. The van der Waals surface area contributed by atoms with Crippen molar-refractivity contribution in [1.82, 2.24) is 29.7 Å². The van der Waals surface area contributed by atoms with Gasteiger partial charge < -0.3 is 19.9 Å². The number of carbonyl (C=O) groups is 1. The van der Waals surface area contributed by atoms with Crippen LogP contribution in [0.1, 0.15) is 53.4 Å². The first-order valence-electron chi connectivity index (χ1n) is 18.3. The van der Waals surface area contributed by atoms with E-state index >= 15 is 0 Å². The zero-order valence-corrected chi connectivity index (χ0v) is 30.8. The molecule has 0 radical (unpaired) electrons. The molecular weight excluding hydrogens is 681 g/mol. The second-order valence-corrected chi connectivity index (χ2v) is 15.1. The number of anilines is 2. The first-order valence-corrected chi connectivity index (χ1v) is 18.3. The summed E-state index contributed by atoms with van der Waals surface area (Å²) in [5.41, 5.74) is 9.94. The molecule has 12 heteroatoms. The van der Waals surface area contributed by atoms with E-state index in [1.807, 2.05) is 63.4 Å². The Labute approximate surface area is 313 Å². The average molecular weight is 723 g/mol. The van der Waals surface area contributed by atoms with Crippen LogP contribution in [0.15, 0.2) is 65.2 Å². The quantitative estimate of drug-likeness (QED) is 0.142. The number of oxazole rings is 1. The topological polar surface area (TPSA) is 165 Å². The van der Waals surface area contributed by atoms with Crippen LogP contribution >= 0.6 is 0 Å². The van der Waals surface area contributed by atoms with Crippen LogP contribution in [0.25, 0.3) is 44.7 Å². The Bertz CT molecular complexity index is 2490. The van der Waals surface area contributed by atoms with Crippen molar-refractivity contribution in [3.8, 4) is 28.7 Å². The van der Waals surface area contributed by atoms with E-state index in [4.69, 9.17) is 24.4 Å². The third kappa shape index (κ3) is 6.89. The van der Waals surface area contributed by atoms with Gasteiger partial charge in [-0.15, -0.1) is 0 Å². The lowest BCUT2D eigenvalue weighted by Gasteiger charge is -2.19. The maximum atomic E-state index is 11.5. The first kappa shape index (κ1) is 35.3. The van der Waals surface area contributed by atoms with Gasteiger partial charge in [-0.05, 0) is 111 Å². The molecule has 2 fully saturated rings. The van der Waals surface area contributed by atoms with E-state index in [1.165, 1.54) is 0 Å². The van der Waals surface area contributed by atoms with Gasteiger partial charge in [-0.1, -0.05) is 24.3 Å². The van der Waals surface area contributed by atoms with Crippen LogP contribution in [0.2, 0.25) is 0 Å². The molecule has 54 heavy (non-hydrogen) atoms. The number of aromatic nitrogens is 4. The number of aliphatic carboxylic acids is 1. The SMILES string of the molecule is Cc1nc(Nc2cccc(-c3cccc(-c4nc5cc(CN6CCC(C(=O)O)C6)cc(C#N)c5o4)c3C)c2C)c2ncc(CN3CC[C@](C)(O)C3)cc2n1. The normalized spacial score (nSPS) is 19.1. The number of rotatable bonds is 9. The molecule has 0 spiro atoms. The van der Waals surface area contributed by atoms with Crippen molar-refractivity contribution in [2.45, 2.75) is 59.2 Å². The Morgan fingerprint density at radius 3 is 2.44 bits per heavy atom. The number of β-amino-alcohol motifs (C(OH)–C–C–N with tert-alkyl or cyclic N) is 1. The smallest absolute Gasteiger partial charge is 0.307 e. The second-order valence-electron chi connectivity index (χ2n) is 15.1. The number of pyridine rings is 1. The van der Waals surface area contributed by atoms with Crippen molar-refractivity contribution in [2.75, 3.05) is 31.5 Å². The first-order chi connectivity index (χ1) is 25.9. The summed E-state index contributed by atoms with van der Waals surface area (Å²) >= 11 is 0. The minimum atomic E-state index is -0.769. The Hall–Kier alpha value is -5.74. The van der Waals surface area contributed by atoms with Crippen LogP contribution in [0.4, 0.5) is 11.5 Å². The van der Waals surface area contributed by atoms with Crippen LogP contribution in [-0.2, 0) is 17.9 Å². The van der Waals surface area contributed by atoms with Gasteiger partial charge in [0.2, 0.25) is 5.89 Å². The Morgan fingerprint density at radius 1 is 0.963 bits per heavy atom. The number of likely N-dealkylation sites (tertiary alicyclic amines) is 2. The third-order valence-corrected chi connectivity index (χ3v) is 10.8. The molecule has 3 aromatic heterocycles. The monoisotopic (exact) mass is 722 g/mol. The standard InChI is InChI=1S/C42H42N8O4/c1-24-31(7-5-9-33(24)40-48-36-16-27(15-30(18-43)38(36)54-40)20-49-13-11-29(22-49)41(51)52)32-8-6-10-34(25(32)2)47-39-37-35(45-26(3)46-39)17-28(19-44-37)21-50-14-12-42(4,53)23-50/h5-10,15-17,19,29,53H,11-14,20-23H2,1-4H3,(H,51,52)(H,45,46,47)/t29?,42-/m0/s1. The molecule has 8 rings (SSSR count). The highest BCUT2D eigenvalue weighted by molar-refractivity contribution is 5.90. The minimum absolute atomic E-state index is 0.369. The molecule has 3 aromatic carbocycles. The molecule has 5 heterocycles. The Kier molecular flexibility index (Phi) is 9.09. The number of aryl methyl sites for hydroxylation is 1. The Balaban J connectivity index is 1.07. The van der Waals surface area contributed by atoms with Gasteiger partial charge in [-0.2, -0.15) is 5.26 Å². The number of nitriles is 1. The molecule has 2 atom stereocenters. The van der Waals surface area contributed by atoms with Gasteiger partial charge in [0.1, 0.15) is 22.9 Å². The van der Waals surface area contributed by atoms with E-state index in [9.17, 15) is 20.3 Å². The van der Waals surface area contributed by atoms with Gasteiger partial charge in [-0.25, -0.2) is 15.0 Å². The van der Waals surface area contributed by atoms with Crippen molar-refractivity contribution < 1.29 is 19.4 Å². The summed E-state index contributed by atoms with van der Waals surface area (Å²) in [5.74, 6) is 0.559. The van der Waals surface area contributed by atoms with Gasteiger partial charge in [0, 0.05) is 50.2 Å². The number of nitrogens with zero attached hydrogens (tertiary/aromatic N) is 7. The van der Waals surface area contributed by atoms with E-state index in [1.54, 1.807) is 0 Å². The highest BCUT2D eigenvalue weighted by Gasteiger charge is 2.31. The Morgan fingerprint density at radius 2 is 1.70 bits per heavy atom. The molecule has 2 aliphatic heterocycles. The summed E-state index contributed by atoms with van der Waals surface area (Å²) in [7, 11) is 0. The number of carboxylic acids is 1. The molecule has 0 saturated carbocycles. The fraction of sp³-hybridized carbons (Fsp3) is 0.333. The molecule has 0 aliphatic carbocycles. The number of aliphatic hydroxyl groups is 1. The molecule has 274 valence electrons. The molecule has 0 bridgehead atoms. The molecule has 2 saturated heterocycles. The van der Waals surface area contributed by atoms with Crippen molar-refractivity contribution in [3.05, 3.63) is 94.4 Å². The zero-order valence-electron chi connectivity index (χ0n) is 30.8. The summed E-state index contributed by atoms with van der Waals surface area (Å²) in [5, 5.41) is 33.4. The maximum Gasteiger partial charge on any atom is 0.307 e. The number of fused-ring (bicyclic) bond motifs is 2. The lowest BCUT2D eigenvalue weighted by atomic mass is 9.93. The second kappa shape index (κ2) is 13.9. The summed E-state index contributed by atoms with van der Waals surface area (Å²) in [6.45, 7) is 11.8. The summed E-state index contributed by atoms with van der Waals surface area (Å²) in [6.07, 6.45) is 3.24. The highest BCUT2D eigenvalue weighted by Crippen LogP contribution is 2.38. The van der Waals surface area contributed by atoms with Crippen molar-refractivity contribution in [1.29, 1.82) is 5.26 Å². The molecule has 1 unspecified atom stereocenters. The number of carboxylic acid groups (broad SMARTS) is 1. The molecule has 2 aliphatic rings. The molecule has 3 N–H and O–H groups in total. The van der Waals surface area contributed by atoms with Crippen molar-refractivity contribution in [2.24, 2.45) is 5.92 Å². The number of hydrogen-bond donors (Lipinski definition) is 3. The molecular formula is C42H42N8O4. The highest BCUT2D eigenvalue weighted by atomic mass is 16.4. The fourth-order valence-corrected chi connectivity index (χ4v) is 7.95. The summed E-state index contributed by atoms with van der Waals surface area (Å²) in [4.78, 5) is 34.9. The van der Waals surface area contributed by atoms with Crippen LogP contribution in [0, 0.1) is 38.0 Å². The zero-order chi connectivity index (χ0) is 37.7. The lowest BCUT2D eigenvalue weighted by Crippen LogP contribution is -2.29. The predicted molar refractivity (Wildman–Crippen MR) is 206 cm³/mol. The number of benzene rings is 3. The van der Waals surface area contributed by atoms with Crippen molar-refractivity contribution >= 4 is 39.6 Å². The fourth-order valence-electron chi connectivity index (χ4n) is 7.95. The maximum absolute atomic E-state index is 11.5. The van der Waals surface area contributed by atoms with Gasteiger partial charge in [0.05, 0.1) is 22.6 Å². The minimum Gasteiger partial charge on any atom is -0.481 e. The van der Waals surface area contributed by atoms with Crippen LogP contribution in [-0.4, -0.2) is 77.7 Å². The van der Waals surface area contributed by atoms with Gasteiger partial charge >= 0.3 is 5.97 Å². The van der Waals surface area contributed by atoms with Gasteiger partial charge in [0.15, 0.2) is 11.4 Å². The third-order valence-electron chi connectivity index (χ3n) is 10.8. The van der Waals surface area contributed by atoms with Crippen LogP contribution in [0.5, 0.6) is 0 Å². The van der Waals surface area contributed by atoms with Crippen LogP contribution < -0.4 is 5.32 Å². The summed E-state index contributed by atoms with van der Waals surface area (Å²) < 4.78 is 6.29. The van der Waals surface area contributed by atoms with Crippen LogP contribution in [0.3, 0.4) is 0 Å². The van der Waals surface area contributed by atoms with E-state index in [0.717, 1.165) is 63.1 Å². The number of hydrogen-bond acceptors (Lipinski definition) is 11. The molecule has 0 amide bonds. The van der Waals surface area contributed by atoms with E-state index < -0.39 is 11.6 Å². The lowest BCUT2D eigenvalue weighted by molar-refractivity contribution is -0.141.